The molecule has 3 heteroatoms. The van der Waals surface area contributed by atoms with Gasteiger partial charge in [0.1, 0.15) is 6.04 Å². The van der Waals surface area contributed by atoms with Gasteiger partial charge in [0, 0.05) is 0 Å². The molecule has 1 aliphatic heterocycles. The molecule has 3 nitrogen and oxygen atoms in total. The fourth-order valence-corrected chi connectivity index (χ4v) is 2.23. The van der Waals surface area contributed by atoms with E-state index in [2.05, 4.69) is 17.5 Å². The summed E-state index contributed by atoms with van der Waals surface area (Å²) in [5, 5.41) is 11.9. The van der Waals surface area contributed by atoms with Crippen molar-refractivity contribution in [3.63, 3.8) is 0 Å². The Morgan fingerprint density at radius 3 is 2.92 bits per heavy atom. The van der Waals surface area contributed by atoms with Crippen molar-refractivity contribution in [2.45, 2.75) is 18.9 Å². The third kappa shape index (κ3) is 1.14. The van der Waals surface area contributed by atoms with Crippen LogP contribution < -0.4 is 5.32 Å². The van der Waals surface area contributed by atoms with Gasteiger partial charge in [0.05, 0.1) is 0 Å². The molecule has 12 heavy (non-hydrogen) atoms. The van der Waals surface area contributed by atoms with E-state index < -0.39 is 5.97 Å². The van der Waals surface area contributed by atoms with Crippen LogP contribution in [0.4, 0.5) is 0 Å². The maximum Gasteiger partial charge on any atom is 0.321 e. The summed E-state index contributed by atoms with van der Waals surface area (Å²) in [6.45, 7) is 0.867. The van der Waals surface area contributed by atoms with E-state index in [0.717, 1.165) is 19.4 Å². The minimum Gasteiger partial charge on any atom is -0.480 e. The summed E-state index contributed by atoms with van der Waals surface area (Å²) in [4.78, 5) is 10.8. The molecule has 2 aliphatic rings. The van der Waals surface area contributed by atoms with Crippen LogP contribution in [0.25, 0.3) is 0 Å². The Morgan fingerprint density at radius 1 is 1.42 bits per heavy atom. The molecule has 0 aromatic heterocycles. The van der Waals surface area contributed by atoms with Crippen LogP contribution in [0.2, 0.25) is 0 Å². The van der Waals surface area contributed by atoms with Gasteiger partial charge in [-0.05, 0) is 31.2 Å². The Morgan fingerprint density at radius 2 is 2.17 bits per heavy atom. The van der Waals surface area contributed by atoms with Gasteiger partial charge in [0.15, 0.2) is 0 Å². The van der Waals surface area contributed by atoms with E-state index in [9.17, 15) is 4.79 Å². The van der Waals surface area contributed by atoms with E-state index in [4.69, 9.17) is 5.11 Å². The summed E-state index contributed by atoms with van der Waals surface area (Å²) in [5.74, 6) is 0.182. The van der Waals surface area contributed by atoms with E-state index in [1.165, 1.54) is 0 Å². The van der Waals surface area contributed by atoms with Crippen LogP contribution in [0.15, 0.2) is 12.2 Å². The topological polar surface area (TPSA) is 49.3 Å². The first-order valence-electron chi connectivity index (χ1n) is 4.40. The van der Waals surface area contributed by atoms with Crippen LogP contribution in [0, 0.1) is 11.8 Å². The lowest BCUT2D eigenvalue weighted by Gasteiger charge is -2.22. The molecular formula is C9H13NO2. The number of hydrogen-bond donors (Lipinski definition) is 2. The lowest BCUT2D eigenvalue weighted by atomic mass is 9.82. The summed E-state index contributed by atoms with van der Waals surface area (Å²) in [7, 11) is 0. The zero-order valence-electron chi connectivity index (χ0n) is 6.86. The second-order valence-corrected chi connectivity index (χ2v) is 3.59. The van der Waals surface area contributed by atoms with Crippen LogP contribution in [-0.2, 0) is 4.79 Å². The first-order chi connectivity index (χ1) is 5.79. The predicted octanol–water partition coefficient (Wildman–Crippen LogP) is 0.625. The molecule has 66 valence electrons. The summed E-state index contributed by atoms with van der Waals surface area (Å²) >= 11 is 0. The van der Waals surface area contributed by atoms with Crippen molar-refractivity contribution >= 4 is 5.97 Å². The molecular weight excluding hydrogens is 154 g/mol. The third-order valence-corrected chi connectivity index (χ3v) is 2.91. The van der Waals surface area contributed by atoms with E-state index in [1.54, 1.807) is 0 Å². The fourth-order valence-electron chi connectivity index (χ4n) is 2.23. The number of hydrogen-bond acceptors (Lipinski definition) is 2. The van der Waals surface area contributed by atoms with Gasteiger partial charge in [-0.2, -0.15) is 0 Å². The highest BCUT2D eigenvalue weighted by Crippen LogP contribution is 2.32. The Bertz CT molecular complexity index is 225. The van der Waals surface area contributed by atoms with Gasteiger partial charge in [-0.15, -0.1) is 0 Å². The maximum atomic E-state index is 10.8. The van der Waals surface area contributed by atoms with Crippen molar-refractivity contribution in [1.29, 1.82) is 0 Å². The molecule has 0 bridgehead atoms. The number of rotatable bonds is 1. The van der Waals surface area contributed by atoms with Crippen molar-refractivity contribution < 1.29 is 9.90 Å². The molecule has 0 radical (unpaired) electrons. The number of carbonyl (C=O) groups is 1. The first-order valence-corrected chi connectivity index (χ1v) is 4.40. The molecule has 0 spiro atoms. The Kier molecular flexibility index (Phi) is 1.89. The van der Waals surface area contributed by atoms with Crippen LogP contribution in [-0.4, -0.2) is 23.7 Å². The van der Waals surface area contributed by atoms with Gasteiger partial charge in [-0.3, -0.25) is 4.79 Å². The van der Waals surface area contributed by atoms with Crippen LogP contribution >= 0.6 is 0 Å². The van der Waals surface area contributed by atoms with Crippen molar-refractivity contribution in [2.75, 3.05) is 6.54 Å². The minimum atomic E-state index is -0.696. The van der Waals surface area contributed by atoms with Crippen LogP contribution in [0.1, 0.15) is 12.8 Å². The van der Waals surface area contributed by atoms with E-state index in [0.29, 0.717) is 11.8 Å². The van der Waals surface area contributed by atoms with Gasteiger partial charge in [-0.25, -0.2) is 0 Å². The van der Waals surface area contributed by atoms with Gasteiger partial charge >= 0.3 is 5.97 Å². The number of allylic oxidation sites excluding steroid dienone is 2. The van der Waals surface area contributed by atoms with Crippen LogP contribution in [0.5, 0.6) is 0 Å². The normalized spacial score (nSPS) is 39.5. The lowest BCUT2D eigenvalue weighted by molar-refractivity contribution is -0.140. The second-order valence-electron chi connectivity index (χ2n) is 3.59. The summed E-state index contributed by atoms with van der Waals surface area (Å²) in [6.07, 6.45) is 6.23. The summed E-state index contributed by atoms with van der Waals surface area (Å²) in [5.41, 5.74) is 0. The average Bonchev–Trinajstić information content (AvgIpc) is 2.47. The molecule has 1 aliphatic carbocycles. The SMILES string of the molecule is O=C(O)[C@H]1NCC2CC=CCC21. The van der Waals surface area contributed by atoms with Gasteiger partial charge in [-0.1, -0.05) is 12.2 Å². The number of carboxylic acids is 1. The fraction of sp³-hybridized carbons (Fsp3) is 0.667. The number of fused-ring (bicyclic) bond motifs is 1. The average molecular weight is 167 g/mol. The van der Waals surface area contributed by atoms with E-state index >= 15 is 0 Å². The van der Waals surface area contributed by atoms with Gasteiger partial charge < -0.3 is 10.4 Å². The third-order valence-electron chi connectivity index (χ3n) is 2.91. The molecule has 1 heterocycles. The first kappa shape index (κ1) is 7.80. The lowest BCUT2D eigenvalue weighted by Crippen LogP contribution is -2.35. The molecule has 0 amide bonds. The largest absolute Gasteiger partial charge is 0.480 e. The highest BCUT2D eigenvalue weighted by Gasteiger charge is 2.39. The molecule has 0 saturated carbocycles. The second kappa shape index (κ2) is 2.90. The summed E-state index contributed by atoms with van der Waals surface area (Å²) < 4.78 is 0. The number of carboxylic acid groups (broad SMARTS) is 1. The number of nitrogens with one attached hydrogen (secondary N) is 1. The molecule has 2 N–H and O–H groups in total. The van der Waals surface area contributed by atoms with Crippen molar-refractivity contribution in [3.8, 4) is 0 Å². The monoisotopic (exact) mass is 167 g/mol. The predicted molar refractivity (Wildman–Crippen MR) is 44.8 cm³/mol. The zero-order valence-corrected chi connectivity index (χ0v) is 6.86. The number of aliphatic carboxylic acids is 1. The standard InChI is InChI=1S/C9H13NO2/c11-9(12)8-7-4-2-1-3-6(7)5-10-8/h1-2,6-8,10H,3-5H2,(H,11,12)/t6?,7?,8-/m0/s1. The zero-order chi connectivity index (χ0) is 8.55. The minimum absolute atomic E-state index is 0.306. The van der Waals surface area contributed by atoms with Crippen molar-refractivity contribution in [3.05, 3.63) is 12.2 Å². The summed E-state index contributed by atoms with van der Waals surface area (Å²) in [6, 6.07) is -0.306. The molecule has 1 saturated heterocycles. The maximum absolute atomic E-state index is 10.8. The molecule has 0 aromatic rings. The van der Waals surface area contributed by atoms with E-state index in [1.807, 2.05) is 0 Å². The quantitative estimate of drug-likeness (QED) is 0.563. The molecule has 2 rings (SSSR count). The molecule has 2 unspecified atom stereocenters. The Balaban J connectivity index is 2.11. The molecule has 3 atom stereocenters. The molecule has 1 fully saturated rings. The smallest absolute Gasteiger partial charge is 0.321 e. The highest BCUT2D eigenvalue weighted by atomic mass is 16.4. The van der Waals surface area contributed by atoms with E-state index in [-0.39, 0.29) is 6.04 Å². The van der Waals surface area contributed by atoms with Gasteiger partial charge in [0.25, 0.3) is 0 Å². The molecule has 0 aromatic carbocycles. The van der Waals surface area contributed by atoms with Gasteiger partial charge in [0.2, 0.25) is 0 Å². The highest BCUT2D eigenvalue weighted by molar-refractivity contribution is 5.74. The van der Waals surface area contributed by atoms with Crippen molar-refractivity contribution in [2.24, 2.45) is 11.8 Å². The van der Waals surface area contributed by atoms with Crippen molar-refractivity contribution in [1.82, 2.24) is 5.32 Å². The Labute approximate surface area is 71.5 Å². The Hall–Kier alpha value is -0.830. The van der Waals surface area contributed by atoms with Crippen LogP contribution in [0.3, 0.4) is 0 Å².